The van der Waals surface area contributed by atoms with Crippen LogP contribution in [-0.4, -0.2) is 5.97 Å². The molecule has 0 aromatic heterocycles. The van der Waals surface area contributed by atoms with E-state index in [1.54, 1.807) is 19.1 Å². The minimum absolute atomic E-state index is 0.396. The largest absolute Gasteiger partial charge is 0.464 e. The molecule has 0 N–H and O–H groups in total. The van der Waals surface area contributed by atoms with Gasteiger partial charge in [-0.15, -0.1) is 0 Å². The van der Waals surface area contributed by atoms with Gasteiger partial charge in [0.25, 0.3) is 0 Å². The van der Waals surface area contributed by atoms with Gasteiger partial charge in [0.2, 0.25) is 0 Å². The monoisotopic (exact) mass is 254 g/mol. The lowest BCUT2D eigenvalue weighted by atomic mass is 10.3. The highest BCUT2D eigenvalue weighted by atomic mass is 16.5. The molecule has 0 aliphatic rings. The van der Waals surface area contributed by atoms with Gasteiger partial charge in [-0.1, -0.05) is 36.4 Å². The molecule has 2 aromatic carbocycles. The van der Waals surface area contributed by atoms with Crippen LogP contribution in [0.2, 0.25) is 0 Å². The lowest BCUT2D eigenvalue weighted by Gasteiger charge is -2.04. The van der Waals surface area contributed by atoms with E-state index in [4.69, 9.17) is 9.47 Å². The highest BCUT2D eigenvalue weighted by molar-refractivity contribution is 5.89. The zero-order valence-electron chi connectivity index (χ0n) is 10.6. The number of hydrogen-bond donors (Lipinski definition) is 0. The van der Waals surface area contributed by atoms with Crippen molar-refractivity contribution in [1.82, 2.24) is 0 Å². The molecule has 0 bridgehead atoms. The quantitative estimate of drug-likeness (QED) is 0.362. The normalized spacial score (nSPS) is 10.9. The van der Waals surface area contributed by atoms with E-state index in [0.29, 0.717) is 17.1 Å². The van der Waals surface area contributed by atoms with Gasteiger partial charge in [0.1, 0.15) is 17.8 Å². The molecule has 2 aromatic rings. The van der Waals surface area contributed by atoms with Crippen LogP contribution in [0.25, 0.3) is 0 Å². The summed E-state index contributed by atoms with van der Waals surface area (Å²) < 4.78 is 10.5. The number of rotatable bonds is 4. The van der Waals surface area contributed by atoms with Gasteiger partial charge in [-0.05, 0) is 31.2 Å². The second-order valence-corrected chi connectivity index (χ2v) is 3.93. The van der Waals surface area contributed by atoms with Crippen LogP contribution in [0.5, 0.6) is 11.5 Å². The van der Waals surface area contributed by atoms with Gasteiger partial charge >= 0.3 is 5.97 Å². The summed E-state index contributed by atoms with van der Waals surface area (Å²) in [5.74, 6) is 0.761. The molecule has 0 saturated carbocycles. The smallest absolute Gasteiger partial charge is 0.342 e. The number of esters is 1. The van der Waals surface area contributed by atoms with E-state index < -0.39 is 5.97 Å². The molecule has 0 saturated heterocycles. The Labute approximate surface area is 112 Å². The first kappa shape index (κ1) is 12.9. The summed E-state index contributed by atoms with van der Waals surface area (Å²) in [5.41, 5.74) is 0.396. The number of benzene rings is 2. The Morgan fingerprint density at radius 3 is 2.00 bits per heavy atom. The first-order valence-corrected chi connectivity index (χ1v) is 5.91. The van der Waals surface area contributed by atoms with Gasteiger partial charge in [0, 0.05) is 0 Å². The highest BCUT2D eigenvalue weighted by Gasteiger charge is 2.07. The van der Waals surface area contributed by atoms with Crippen molar-refractivity contribution in [3.8, 4) is 11.5 Å². The molecule has 0 atom stereocenters. The first-order valence-electron chi connectivity index (χ1n) is 5.91. The summed E-state index contributed by atoms with van der Waals surface area (Å²) in [7, 11) is 0. The summed E-state index contributed by atoms with van der Waals surface area (Å²) in [6, 6.07) is 18.2. The lowest BCUT2D eigenvalue weighted by molar-refractivity contribution is -0.130. The van der Waals surface area contributed by atoms with E-state index in [1.807, 2.05) is 48.5 Å². The van der Waals surface area contributed by atoms with Crippen molar-refractivity contribution in [3.05, 3.63) is 72.5 Å². The molecule has 3 nitrogen and oxygen atoms in total. The van der Waals surface area contributed by atoms with Crippen LogP contribution in [0.15, 0.2) is 72.5 Å². The van der Waals surface area contributed by atoms with Crippen LogP contribution in [-0.2, 0) is 4.79 Å². The summed E-state index contributed by atoms with van der Waals surface area (Å²) in [6.45, 7) is 1.65. The lowest BCUT2D eigenvalue weighted by Crippen LogP contribution is -2.09. The van der Waals surface area contributed by atoms with Crippen molar-refractivity contribution in [1.29, 1.82) is 0 Å². The maximum atomic E-state index is 11.8. The predicted octanol–water partition coefficient (Wildman–Crippen LogP) is 3.57. The van der Waals surface area contributed by atoms with Gasteiger partial charge in [0.05, 0.1) is 5.57 Å². The van der Waals surface area contributed by atoms with Gasteiger partial charge in [-0.25, -0.2) is 4.79 Å². The number of carbonyl (C=O) groups is 1. The fraction of sp³-hybridized carbons (Fsp3) is 0.0625. The minimum atomic E-state index is -0.429. The first-order chi connectivity index (χ1) is 9.25. The number of para-hydroxylation sites is 2. The van der Waals surface area contributed by atoms with Crippen molar-refractivity contribution in [2.24, 2.45) is 0 Å². The Hall–Kier alpha value is -2.55. The van der Waals surface area contributed by atoms with Gasteiger partial charge < -0.3 is 9.47 Å². The molecule has 0 aliphatic heterocycles. The molecule has 19 heavy (non-hydrogen) atoms. The van der Waals surface area contributed by atoms with E-state index in [0.717, 1.165) is 0 Å². The zero-order valence-corrected chi connectivity index (χ0v) is 10.6. The molecule has 3 heteroatoms. The third-order valence-corrected chi connectivity index (χ3v) is 2.39. The van der Waals surface area contributed by atoms with Crippen LogP contribution >= 0.6 is 0 Å². The molecular weight excluding hydrogens is 240 g/mol. The topological polar surface area (TPSA) is 35.5 Å². The van der Waals surface area contributed by atoms with Gasteiger partial charge in [-0.2, -0.15) is 0 Å². The van der Waals surface area contributed by atoms with E-state index in [1.165, 1.54) is 6.26 Å². The van der Waals surface area contributed by atoms with E-state index >= 15 is 0 Å². The molecular formula is C16H14O3. The molecule has 0 fully saturated rings. The Balaban J connectivity index is 1.95. The van der Waals surface area contributed by atoms with E-state index in [2.05, 4.69) is 0 Å². The van der Waals surface area contributed by atoms with Crippen LogP contribution in [0.3, 0.4) is 0 Å². The van der Waals surface area contributed by atoms with E-state index in [9.17, 15) is 4.79 Å². The summed E-state index contributed by atoms with van der Waals surface area (Å²) in [5, 5.41) is 0. The Kier molecular flexibility index (Phi) is 4.34. The number of carbonyl (C=O) groups excluding carboxylic acids is 1. The summed E-state index contributed by atoms with van der Waals surface area (Å²) >= 11 is 0. The average molecular weight is 254 g/mol. The molecule has 0 radical (unpaired) electrons. The summed E-state index contributed by atoms with van der Waals surface area (Å²) in [4.78, 5) is 11.8. The SMILES string of the molecule is CC(=COc1ccccc1)C(=O)Oc1ccccc1. The Morgan fingerprint density at radius 2 is 1.42 bits per heavy atom. The molecule has 0 amide bonds. The van der Waals surface area contributed by atoms with E-state index in [-0.39, 0.29) is 0 Å². The fourth-order valence-electron chi connectivity index (χ4n) is 1.38. The van der Waals surface area contributed by atoms with Crippen LogP contribution < -0.4 is 9.47 Å². The molecule has 0 aliphatic carbocycles. The van der Waals surface area contributed by atoms with Crippen LogP contribution in [0.1, 0.15) is 6.92 Å². The van der Waals surface area contributed by atoms with Crippen molar-refractivity contribution >= 4 is 5.97 Å². The minimum Gasteiger partial charge on any atom is -0.464 e. The Bertz CT molecular complexity index is 559. The molecule has 0 unspecified atom stereocenters. The number of hydrogen-bond acceptors (Lipinski definition) is 3. The average Bonchev–Trinajstić information content (AvgIpc) is 2.47. The van der Waals surface area contributed by atoms with Gasteiger partial charge in [0.15, 0.2) is 0 Å². The van der Waals surface area contributed by atoms with Crippen molar-refractivity contribution in [2.45, 2.75) is 6.92 Å². The van der Waals surface area contributed by atoms with Gasteiger partial charge in [-0.3, -0.25) is 0 Å². The zero-order chi connectivity index (χ0) is 13.5. The maximum absolute atomic E-state index is 11.8. The third kappa shape index (κ3) is 4.00. The second-order valence-electron chi connectivity index (χ2n) is 3.93. The molecule has 0 spiro atoms. The van der Waals surface area contributed by atoms with Crippen molar-refractivity contribution in [2.75, 3.05) is 0 Å². The fourth-order valence-corrected chi connectivity index (χ4v) is 1.38. The molecule has 96 valence electrons. The van der Waals surface area contributed by atoms with Crippen LogP contribution in [0.4, 0.5) is 0 Å². The molecule has 0 heterocycles. The molecule has 2 rings (SSSR count). The van der Waals surface area contributed by atoms with Crippen molar-refractivity contribution in [3.63, 3.8) is 0 Å². The second kappa shape index (κ2) is 6.40. The standard InChI is InChI=1S/C16H14O3/c1-13(12-18-14-8-4-2-5-9-14)16(17)19-15-10-6-3-7-11-15/h2-12H,1H3. The summed E-state index contributed by atoms with van der Waals surface area (Å²) in [6.07, 6.45) is 1.39. The highest BCUT2D eigenvalue weighted by Crippen LogP contribution is 2.12. The van der Waals surface area contributed by atoms with Crippen LogP contribution in [0, 0.1) is 0 Å². The number of ether oxygens (including phenoxy) is 2. The maximum Gasteiger partial charge on any atom is 0.342 e. The third-order valence-electron chi connectivity index (χ3n) is 2.39. The Morgan fingerprint density at radius 1 is 0.895 bits per heavy atom. The predicted molar refractivity (Wildman–Crippen MR) is 72.9 cm³/mol. The van der Waals surface area contributed by atoms with Crippen molar-refractivity contribution < 1.29 is 14.3 Å².